The number of piperidine rings is 1. The van der Waals surface area contributed by atoms with Gasteiger partial charge in [0.2, 0.25) is 0 Å². The van der Waals surface area contributed by atoms with E-state index in [1.165, 1.54) is 12.1 Å². The van der Waals surface area contributed by atoms with Crippen molar-refractivity contribution in [1.82, 2.24) is 10.2 Å². The highest BCUT2D eigenvalue weighted by Gasteiger charge is 2.34. The fraction of sp³-hybridized carbons (Fsp3) is 0.500. The zero-order valence-electron chi connectivity index (χ0n) is 11.7. The standard InChI is InChI=1S/C14H18F3N3O/c1-20-7-3-4-9(8-20)19-13(21)10-5-2-6-11(12(10)18)14(15,16)17/h2,5-6,9H,3-4,7-8,18H2,1H3,(H,19,21). The van der Waals surface area contributed by atoms with Crippen LogP contribution in [0.3, 0.4) is 0 Å². The van der Waals surface area contributed by atoms with Crippen molar-refractivity contribution < 1.29 is 18.0 Å². The van der Waals surface area contributed by atoms with Gasteiger partial charge in [0.25, 0.3) is 5.91 Å². The first-order chi connectivity index (χ1) is 9.79. The van der Waals surface area contributed by atoms with Gasteiger partial charge in [-0.1, -0.05) is 6.07 Å². The van der Waals surface area contributed by atoms with Crippen LogP contribution in [0.15, 0.2) is 18.2 Å². The number of rotatable bonds is 2. The van der Waals surface area contributed by atoms with Crippen LogP contribution in [0.4, 0.5) is 18.9 Å². The summed E-state index contributed by atoms with van der Waals surface area (Å²) in [7, 11) is 1.94. The lowest BCUT2D eigenvalue weighted by Gasteiger charge is -2.30. The summed E-state index contributed by atoms with van der Waals surface area (Å²) in [5.41, 5.74) is 3.89. The first-order valence-corrected chi connectivity index (χ1v) is 6.74. The molecular formula is C14H18F3N3O. The number of nitrogens with zero attached hydrogens (tertiary/aromatic N) is 1. The molecule has 1 atom stereocenters. The van der Waals surface area contributed by atoms with Crippen LogP contribution < -0.4 is 11.1 Å². The van der Waals surface area contributed by atoms with Crippen molar-refractivity contribution in [3.63, 3.8) is 0 Å². The second-order valence-electron chi connectivity index (χ2n) is 5.34. The van der Waals surface area contributed by atoms with E-state index < -0.39 is 23.3 Å². The van der Waals surface area contributed by atoms with Crippen LogP contribution in [0.5, 0.6) is 0 Å². The molecule has 1 aromatic rings. The highest BCUT2D eigenvalue weighted by molar-refractivity contribution is 6.00. The molecule has 1 saturated heterocycles. The molecule has 1 fully saturated rings. The molecule has 21 heavy (non-hydrogen) atoms. The van der Waals surface area contributed by atoms with E-state index in [-0.39, 0.29) is 11.6 Å². The van der Waals surface area contributed by atoms with Gasteiger partial charge in [0.05, 0.1) is 16.8 Å². The number of likely N-dealkylation sites (N-methyl/N-ethyl adjacent to an activating group) is 1. The first kappa shape index (κ1) is 15.6. The molecule has 4 nitrogen and oxygen atoms in total. The molecule has 1 unspecified atom stereocenters. The Morgan fingerprint density at radius 2 is 2.14 bits per heavy atom. The van der Waals surface area contributed by atoms with Crippen molar-refractivity contribution in [3.05, 3.63) is 29.3 Å². The Bertz CT molecular complexity index is 531. The third-order valence-electron chi connectivity index (χ3n) is 3.62. The number of alkyl halides is 3. The lowest BCUT2D eigenvalue weighted by Crippen LogP contribution is -2.46. The fourth-order valence-corrected chi connectivity index (χ4v) is 2.56. The maximum Gasteiger partial charge on any atom is 0.418 e. The summed E-state index contributed by atoms with van der Waals surface area (Å²) in [6, 6.07) is 3.32. The molecule has 0 aromatic heterocycles. The van der Waals surface area contributed by atoms with Gasteiger partial charge in [-0.3, -0.25) is 4.79 Å². The van der Waals surface area contributed by atoms with E-state index in [0.717, 1.165) is 25.5 Å². The molecule has 2 rings (SSSR count). The van der Waals surface area contributed by atoms with Crippen molar-refractivity contribution in [3.8, 4) is 0 Å². The molecule has 1 amide bonds. The van der Waals surface area contributed by atoms with Gasteiger partial charge in [0, 0.05) is 12.6 Å². The Hall–Kier alpha value is -1.76. The van der Waals surface area contributed by atoms with Crippen LogP contribution in [-0.2, 0) is 6.18 Å². The summed E-state index contributed by atoms with van der Waals surface area (Å²) < 4.78 is 38.4. The molecule has 1 aliphatic heterocycles. The lowest BCUT2D eigenvalue weighted by molar-refractivity contribution is -0.136. The van der Waals surface area contributed by atoms with Gasteiger partial charge in [-0.25, -0.2) is 0 Å². The van der Waals surface area contributed by atoms with E-state index in [1.54, 1.807) is 0 Å². The number of hydrogen-bond acceptors (Lipinski definition) is 3. The molecule has 0 aliphatic carbocycles. The highest BCUT2D eigenvalue weighted by atomic mass is 19.4. The average molecular weight is 301 g/mol. The Kier molecular flexibility index (Phi) is 4.41. The number of nitrogen functional groups attached to an aromatic ring is 1. The van der Waals surface area contributed by atoms with Gasteiger partial charge in [-0.15, -0.1) is 0 Å². The topological polar surface area (TPSA) is 58.4 Å². The number of hydrogen-bond donors (Lipinski definition) is 2. The number of amides is 1. The quantitative estimate of drug-likeness (QED) is 0.823. The smallest absolute Gasteiger partial charge is 0.398 e. The van der Waals surface area contributed by atoms with Crippen LogP contribution >= 0.6 is 0 Å². The number of likely N-dealkylation sites (tertiary alicyclic amines) is 1. The Balaban J connectivity index is 2.16. The second kappa shape index (κ2) is 5.93. The van der Waals surface area contributed by atoms with Gasteiger partial charge < -0.3 is 16.0 Å². The maximum absolute atomic E-state index is 12.8. The minimum Gasteiger partial charge on any atom is -0.398 e. The lowest BCUT2D eigenvalue weighted by atomic mass is 10.0. The summed E-state index contributed by atoms with van der Waals surface area (Å²) in [4.78, 5) is 14.2. The number of nitrogens with one attached hydrogen (secondary N) is 1. The van der Waals surface area contributed by atoms with Gasteiger partial charge in [0.15, 0.2) is 0 Å². The largest absolute Gasteiger partial charge is 0.418 e. The molecule has 1 heterocycles. The van der Waals surface area contributed by atoms with Crippen LogP contribution in [0.25, 0.3) is 0 Å². The van der Waals surface area contributed by atoms with Gasteiger partial charge in [0.1, 0.15) is 0 Å². The molecule has 1 aliphatic rings. The summed E-state index contributed by atoms with van der Waals surface area (Å²) >= 11 is 0. The average Bonchev–Trinajstić information content (AvgIpc) is 2.37. The van der Waals surface area contributed by atoms with Crippen LogP contribution in [-0.4, -0.2) is 37.0 Å². The second-order valence-corrected chi connectivity index (χ2v) is 5.34. The Morgan fingerprint density at radius 3 is 2.76 bits per heavy atom. The van der Waals surface area contributed by atoms with Gasteiger partial charge in [-0.05, 0) is 38.6 Å². The minimum atomic E-state index is -4.56. The van der Waals surface area contributed by atoms with E-state index in [9.17, 15) is 18.0 Å². The molecular weight excluding hydrogens is 283 g/mol. The van der Waals surface area contributed by atoms with E-state index in [4.69, 9.17) is 5.73 Å². The zero-order chi connectivity index (χ0) is 15.6. The van der Waals surface area contributed by atoms with E-state index in [2.05, 4.69) is 10.2 Å². The summed E-state index contributed by atoms with van der Waals surface area (Å²) in [5.74, 6) is -0.557. The van der Waals surface area contributed by atoms with Crippen LogP contribution in [0, 0.1) is 0 Å². The van der Waals surface area contributed by atoms with Crippen molar-refractivity contribution in [2.24, 2.45) is 0 Å². The molecule has 1 aromatic carbocycles. The summed E-state index contributed by atoms with van der Waals surface area (Å²) in [5, 5.41) is 2.76. The molecule has 0 saturated carbocycles. The number of benzene rings is 1. The molecule has 7 heteroatoms. The number of anilines is 1. The van der Waals surface area contributed by atoms with Gasteiger partial charge in [-0.2, -0.15) is 13.2 Å². The predicted molar refractivity (Wildman–Crippen MR) is 73.8 cm³/mol. The van der Waals surface area contributed by atoms with Crippen LogP contribution in [0.1, 0.15) is 28.8 Å². The zero-order valence-corrected chi connectivity index (χ0v) is 11.7. The SMILES string of the molecule is CN1CCCC(NC(=O)c2cccc(C(F)(F)F)c2N)C1. The van der Waals surface area contributed by atoms with E-state index >= 15 is 0 Å². The van der Waals surface area contributed by atoms with Crippen molar-refractivity contribution in [2.75, 3.05) is 25.9 Å². The number of para-hydroxylation sites is 1. The van der Waals surface area contributed by atoms with E-state index in [0.29, 0.717) is 6.54 Å². The number of halogens is 3. The fourth-order valence-electron chi connectivity index (χ4n) is 2.56. The molecule has 0 bridgehead atoms. The Labute approximate surface area is 121 Å². The summed E-state index contributed by atoms with van der Waals surface area (Å²) in [6.45, 7) is 1.64. The third-order valence-corrected chi connectivity index (χ3v) is 3.62. The van der Waals surface area contributed by atoms with Crippen molar-refractivity contribution in [2.45, 2.75) is 25.1 Å². The first-order valence-electron chi connectivity index (χ1n) is 6.74. The van der Waals surface area contributed by atoms with Crippen molar-refractivity contribution >= 4 is 11.6 Å². The van der Waals surface area contributed by atoms with Crippen LogP contribution in [0.2, 0.25) is 0 Å². The highest BCUT2D eigenvalue weighted by Crippen LogP contribution is 2.34. The minimum absolute atomic E-state index is 0.0646. The number of carbonyl (C=O) groups is 1. The predicted octanol–water partition coefficient (Wildman–Crippen LogP) is 2.11. The molecule has 0 radical (unpaired) electrons. The van der Waals surface area contributed by atoms with Crippen molar-refractivity contribution in [1.29, 1.82) is 0 Å². The third kappa shape index (κ3) is 3.66. The maximum atomic E-state index is 12.8. The molecule has 0 spiro atoms. The van der Waals surface area contributed by atoms with Gasteiger partial charge >= 0.3 is 6.18 Å². The monoisotopic (exact) mass is 301 g/mol. The number of nitrogens with two attached hydrogens (primary N) is 1. The Morgan fingerprint density at radius 1 is 1.43 bits per heavy atom. The normalized spacial score (nSPS) is 20.3. The summed E-state index contributed by atoms with van der Waals surface area (Å²) in [6.07, 6.45) is -2.81. The van der Waals surface area contributed by atoms with E-state index in [1.807, 2.05) is 7.05 Å². The number of carbonyl (C=O) groups excluding carboxylic acids is 1. The molecule has 116 valence electrons. The molecule has 3 N–H and O–H groups in total.